The highest BCUT2D eigenvalue weighted by Crippen LogP contribution is 2.33. The van der Waals surface area contributed by atoms with E-state index < -0.39 is 0 Å². The number of para-hydroxylation sites is 1. The van der Waals surface area contributed by atoms with Crippen molar-refractivity contribution in [2.24, 2.45) is 0 Å². The number of aromatic nitrogens is 3. The zero-order valence-electron chi connectivity index (χ0n) is 17.7. The number of likely N-dealkylation sites (N-methyl/N-ethyl adjacent to an activating group) is 1. The molecule has 2 aromatic heterocycles. The van der Waals surface area contributed by atoms with Gasteiger partial charge in [-0.05, 0) is 49.5 Å². The van der Waals surface area contributed by atoms with Crippen molar-refractivity contribution in [2.45, 2.75) is 0 Å². The predicted octanol–water partition coefficient (Wildman–Crippen LogP) is 3.67. The summed E-state index contributed by atoms with van der Waals surface area (Å²) in [7, 11) is 2.16. The minimum Gasteiger partial charge on any atom is -0.369 e. The molecule has 1 fully saturated rings. The number of hydrogen-bond donors (Lipinski definition) is 2. The number of nitrogens with one attached hydrogen (secondary N) is 2. The van der Waals surface area contributed by atoms with Crippen LogP contribution in [0.25, 0.3) is 11.0 Å². The Balaban J connectivity index is 1.30. The van der Waals surface area contributed by atoms with Crippen LogP contribution >= 0.6 is 0 Å². The lowest BCUT2D eigenvalue weighted by Crippen LogP contribution is -2.44. The fourth-order valence-electron chi connectivity index (χ4n) is 4.34. The summed E-state index contributed by atoms with van der Waals surface area (Å²) >= 11 is 0. The normalized spacial score (nSPS) is 15.9. The van der Waals surface area contributed by atoms with Crippen LogP contribution in [0.2, 0.25) is 0 Å². The maximum atomic E-state index is 13.0. The number of anilines is 5. The zero-order valence-corrected chi connectivity index (χ0v) is 17.7. The molecule has 2 aliphatic rings. The van der Waals surface area contributed by atoms with Gasteiger partial charge in [0.05, 0.1) is 16.8 Å². The molecule has 0 saturated carbocycles. The van der Waals surface area contributed by atoms with Gasteiger partial charge >= 0.3 is 0 Å². The molecule has 0 spiro atoms. The Labute approximate surface area is 185 Å². The lowest BCUT2D eigenvalue weighted by molar-refractivity contribution is 0.0966. The average molecular weight is 425 g/mol. The Morgan fingerprint density at radius 3 is 2.53 bits per heavy atom. The molecule has 1 saturated heterocycles. The van der Waals surface area contributed by atoms with E-state index >= 15 is 0 Å². The fraction of sp³-hybridized carbons (Fsp3) is 0.208. The predicted molar refractivity (Wildman–Crippen MR) is 126 cm³/mol. The maximum Gasteiger partial charge on any atom is 0.264 e. The number of piperazine rings is 1. The molecule has 2 aromatic carbocycles. The molecule has 8 nitrogen and oxygen atoms in total. The summed E-state index contributed by atoms with van der Waals surface area (Å²) in [4.78, 5) is 27.1. The molecule has 0 bridgehead atoms. The van der Waals surface area contributed by atoms with Crippen LogP contribution in [0, 0.1) is 0 Å². The summed E-state index contributed by atoms with van der Waals surface area (Å²) in [6.45, 7) is 4.23. The van der Waals surface area contributed by atoms with E-state index in [1.165, 1.54) is 5.69 Å². The minimum atomic E-state index is -0.0920. The van der Waals surface area contributed by atoms with Gasteiger partial charge in [0.25, 0.3) is 5.91 Å². The van der Waals surface area contributed by atoms with Crippen molar-refractivity contribution >= 4 is 45.8 Å². The maximum absolute atomic E-state index is 13.0. The second-order valence-electron chi connectivity index (χ2n) is 8.25. The lowest BCUT2D eigenvalue weighted by Gasteiger charge is -2.34. The first-order chi connectivity index (χ1) is 15.7. The van der Waals surface area contributed by atoms with Gasteiger partial charge in [0, 0.05) is 43.8 Å². The molecular formula is C24H23N7O. The quantitative estimate of drug-likeness (QED) is 0.457. The molecule has 0 unspecified atom stereocenters. The van der Waals surface area contributed by atoms with E-state index in [0.29, 0.717) is 28.4 Å². The summed E-state index contributed by atoms with van der Waals surface area (Å²) < 4.78 is 1.61. The number of carbonyl (C=O) groups is 1. The Hall–Kier alpha value is -3.91. The molecule has 6 rings (SSSR count). The van der Waals surface area contributed by atoms with E-state index in [1.54, 1.807) is 10.8 Å². The summed E-state index contributed by atoms with van der Waals surface area (Å²) in [6.07, 6.45) is 1.75. The largest absolute Gasteiger partial charge is 0.369 e. The van der Waals surface area contributed by atoms with Gasteiger partial charge in [-0.2, -0.15) is 4.98 Å². The van der Waals surface area contributed by atoms with Gasteiger partial charge in [0.1, 0.15) is 5.52 Å². The van der Waals surface area contributed by atoms with Crippen LogP contribution in [-0.2, 0) is 0 Å². The van der Waals surface area contributed by atoms with Gasteiger partial charge in [-0.25, -0.2) is 4.98 Å². The third-order valence-electron chi connectivity index (χ3n) is 6.15. The summed E-state index contributed by atoms with van der Waals surface area (Å²) in [5, 5.41) is 6.64. The molecule has 160 valence electrons. The third kappa shape index (κ3) is 3.16. The van der Waals surface area contributed by atoms with Crippen molar-refractivity contribution in [3.63, 3.8) is 0 Å². The third-order valence-corrected chi connectivity index (χ3v) is 6.15. The van der Waals surface area contributed by atoms with Gasteiger partial charge in [0.2, 0.25) is 5.95 Å². The summed E-state index contributed by atoms with van der Waals surface area (Å²) in [5.41, 5.74) is 4.88. The van der Waals surface area contributed by atoms with Gasteiger partial charge in [-0.15, -0.1) is 0 Å². The number of hydrogen-bond acceptors (Lipinski definition) is 7. The van der Waals surface area contributed by atoms with E-state index in [0.717, 1.165) is 37.6 Å². The van der Waals surface area contributed by atoms with Crippen molar-refractivity contribution in [1.82, 2.24) is 19.4 Å². The Morgan fingerprint density at radius 1 is 0.938 bits per heavy atom. The molecule has 4 aromatic rings. The Kier molecular flexibility index (Phi) is 4.32. The zero-order chi connectivity index (χ0) is 21.7. The number of fused-ring (bicyclic) bond motifs is 1. The molecular weight excluding hydrogens is 402 g/mol. The van der Waals surface area contributed by atoms with Crippen LogP contribution in [0.5, 0.6) is 0 Å². The van der Waals surface area contributed by atoms with Crippen molar-refractivity contribution in [3.8, 4) is 0 Å². The molecule has 0 radical (unpaired) electrons. The second-order valence-corrected chi connectivity index (χ2v) is 8.25. The van der Waals surface area contributed by atoms with Gasteiger partial charge in [-0.3, -0.25) is 9.36 Å². The molecule has 0 amide bonds. The molecule has 32 heavy (non-hydrogen) atoms. The van der Waals surface area contributed by atoms with Crippen LogP contribution in [-0.4, -0.2) is 58.6 Å². The molecule has 0 aliphatic carbocycles. The van der Waals surface area contributed by atoms with Crippen LogP contribution in [0.3, 0.4) is 0 Å². The number of carbonyl (C=O) groups excluding carboxylic acids is 1. The average Bonchev–Trinajstić information content (AvgIpc) is 3.19. The van der Waals surface area contributed by atoms with Crippen LogP contribution in [0.4, 0.5) is 28.8 Å². The first-order valence-electron chi connectivity index (χ1n) is 10.8. The van der Waals surface area contributed by atoms with E-state index in [-0.39, 0.29) is 5.91 Å². The first-order valence-corrected chi connectivity index (χ1v) is 10.8. The van der Waals surface area contributed by atoms with Crippen molar-refractivity contribution in [3.05, 3.63) is 66.4 Å². The summed E-state index contributed by atoms with van der Waals surface area (Å²) in [6, 6.07) is 17.7. The van der Waals surface area contributed by atoms with E-state index in [1.807, 2.05) is 30.3 Å². The van der Waals surface area contributed by atoms with Crippen LogP contribution in [0.15, 0.2) is 60.8 Å². The van der Waals surface area contributed by atoms with Crippen LogP contribution in [0.1, 0.15) is 10.4 Å². The number of nitrogens with zero attached hydrogens (tertiary/aromatic N) is 5. The van der Waals surface area contributed by atoms with Gasteiger partial charge in [0.15, 0.2) is 5.82 Å². The highest BCUT2D eigenvalue weighted by molar-refractivity contribution is 6.10. The highest BCUT2D eigenvalue weighted by atomic mass is 16.2. The Morgan fingerprint density at radius 2 is 1.72 bits per heavy atom. The standard InChI is InChI=1S/C24H23N7O/c1-29-12-14-30(15-13-29)17-8-6-16(7-9-17)25-24-27-20-10-11-31-21(20)22(28-24)26-19-5-3-2-4-18(19)23(31)32/h2-11H,12-15H2,1H3,(H2,25,26,27,28). The van der Waals surface area contributed by atoms with Gasteiger partial charge in [-0.1, -0.05) is 12.1 Å². The minimum absolute atomic E-state index is 0.0920. The van der Waals surface area contributed by atoms with Crippen molar-refractivity contribution in [1.29, 1.82) is 0 Å². The topological polar surface area (TPSA) is 78.3 Å². The van der Waals surface area contributed by atoms with Crippen molar-refractivity contribution in [2.75, 3.05) is 48.8 Å². The molecule has 8 heteroatoms. The summed E-state index contributed by atoms with van der Waals surface area (Å²) in [5.74, 6) is 0.998. The SMILES string of the molecule is CN1CCN(c2ccc(Nc3nc4c5c(ccn5C(=O)c5ccccc5N4)n3)cc2)CC1. The monoisotopic (exact) mass is 425 g/mol. The molecule has 4 heterocycles. The second kappa shape index (κ2) is 7.35. The smallest absolute Gasteiger partial charge is 0.264 e. The Bertz CT molecular complexity index is 1320. The molecule has 2 aliphatic heterocycles. The first kappa shape index (κ1) is 18.8. The van der Waals surface area contributed by atoms with E-state index in [2.05, 4.69) is 56.7 Å². The fourth-order valence-corrected chi connectivity index (χ4v) is 4.34. The van der Waals surface area contributed by atoms with Crippen molar-refractivity contribution < 1.29 is 4.79 Å². The number of rotatable bonds is 3. The number of benzene rings is 2. The molecule has 2 N–H and O–H groups in total. The van der Waals surface area contributed by atoms with Gasteiger partial charge < -0.3 is 20.4 Å². The van der Waals surface area contributed by atoms with E-state index in [4.69, 9.17) is 4.98 Å². The lowest BCUT2D eigenvalue weighted by atomic mass is 10.1. The van der Waals surface area contributed by atoms with Crippen LogP contribution < -0.4 is 15.5 Å². The highest BCUT2D eigenvalue weighted by Gasteiger charge is 2.24. The van der Waals surface area contributed by atoms with E-state index in [9.17, 15) is 4.79 Å². The molecule has 0 atom stereocenters.